The van der Waals surface area contributed by atoms with Crippen molar-refractivity contribution in [1.29, 1.82) is 0 Å². The average Bonchev–Trinajstić information content (AvgIpc) is 2.45. The Hall–Kier alpha value is -1.55. The highest BCUT2D eigenvalue weighted by atomic mass is 16.1. The highest BCUT2D eigenvalue weighted by Gasteiger charge is 2.23. The fraction of sp³-hybridized carbons (Fsp3) is 0.588. The number of hydrogen-bond donors (Lipinski definition) is 2. The number of piperidine rings is 1. The number of carbonyl (C=O) groups excluding carboxylic acids is 1. The van der Waals surface area contributed by atoms with Crippen LogP contribution < -0.4 is 16.0 Å². The van der Waals surface area contributed by atoms with Crippen molar-refractivity contribution in [3.63, 3.8) is 0 Å². The van der Waals surface area contributed by atoms with E-state index in [0.29, 0.717) is 6.04 Å². The van der Waals surface area contributed by atoms with Gasteiger partial charge in [0.1, 0.15) is 0 Å². The fourth-order valence-corrected chi connectivity index (χ4v) is 2.91. The number of anilines is 1. The van der Waals surface area contributed by atoms with Gasteiger partial charge in [-0.2, -0.15) is 0 Å². The van der Waals surface area contributed by atoms with E-state index >= 15 is 0 Å². The Balaban J connectivity index is 1.99. The van der Waals surface area contributed by atoms with Crippen LogP contribution in [0.2, 0.25) is 0 Å². The van der Waals surface area contributed by atoms with Crippen molar-refractivity contribution in [2.24, 2.45) is 11.7 Å². The molecule has 0 atom stereocenters. The molecule has 4 nitrogen and oxygen atoms in total. The minimum absolute atomic E-state index is 0.0519. The van der Waals surface area contributed by atoms with Gasteiger partial charge in [0.25, 0.3) is 0 Å². The number of amides is 1. The van der Waals surface area contributed by atoms with E-state index < -0.39 is 0 Å². The van der Waals surface area contributed by atoms with Gasteiger partial charge in [-0.15, -0.1) is 0 Å². The summed E-state index contributed by atoms with van der Waals surface area (Å²) in [6.07, 6.45) is 1.73. The molecule has 1 aromatic carbocycles. The average molecular weight is 289 g/mol. The Morgan fingerprint density at radius 2 is 2.05 bits per heavy atom. The minimum Gasteiger partial charge on any atom is -0.371 e. The summed E-state index contributed by atoms with van der Waals surface area (Å²) in [5.74, 6) is -0.0995. The predicted octanol–water partition coefficient (Wildman–Crippen LogP) is 2.19. The van der Waals surface area contributed by atoms with Crippen molar-refractivity contribution in [3.8, 4) is 0 Å². The first-order chi connectivity index (χ1) is 9.97. The first-order valence-electron chi connectivity index (χ1n) is 7.84. The summed E-state index contributed by atoms with van der Waals surface area (Å²) in [5, 5.41) is 3.44. The second kappa shape index (κ2) is 6.94. The summed E-state index contributed by atoms with van der Waals surface area (Å²) >= 11 is 0. The molecule has 116 valence electrons. The molecule has 1 heterocycles. The highest BCUT2D eigenvalue weighted by molar-refractivity contribution is 5.77. The highest BCUT2D eigenvalue weighted by Crippen LogP contribution is 2.26. The second-order valence-corrected chi connectivity index (χ2v) is 6.32. The van der Waals surface area contributed by atoms with E-state index in [9.17, 15) is 4.79 Å². The fourth-order valence-electron chi connectivity index (χ4n) is 2.91. The summed E-state index contributed by atoms with van der Waals surface area (Å²) in [6, 6.07) is 7.15. The molecule has 21 heavy (non-hydrogen) atoms. The third kappa shape index (κ3) is 4.21. The lowest BCUT2D eigenvalue weighted by molar-refractivity contribution is -0.122. The smallest absolute Gasteiger partial charge is 0.220 e. The molecule has 3 N–H and O–H groups in total. The van der Waals surface area contributed by atoms with Crippen molar-refractivity contribution in [3.05, 3.63) is 29.3 Å². The summed E-state index contributed by atoms with van der Waals surface area (Å²) in [5.41, 5.74) is 9.30. The molecule has 1 saturated heterocycles. The summed E-state index contributed by atoms with van der Waals surface area (Å²) in [6.45, 7) is 9.21. The minimum atomic E-state index is -0.151. The van der Waals surface area contributed by atoms with Crippen molar-refractivity contribution in [2.75, 3.05) is 18.0 Å². The van der Waals surface area contributed by atoms with Gasteiger partial charge in [-0.1, -0.05) is 26.0 Å². The van der Waals surface area contributed by atoms with Gasteiger partial charge >= 0.3 is 0 Å². The zero-order valence-electron chi connectivity index (χ0n) is 13.4. The Morgan fingerprint density at radius 3 is 2.57 bits per heavy atom. The number of primary amides is 1. The molecule has 0 saturated carbocycles. The number of nitrogens with two attached hydrogens (primary N) is 1. The first-order valence-corrected chi connectivity index (χ1v) is 7.84. The summed E-state index contributed by atoms with van der Waals surface area (Å²) in [4.78, 5) is 13.6. The zero-order chi connectivity index (χ0) is 15.4. The largest absolute Gasteiger partial charge is 0.371 e. The van der Waals surface area contributed by atoms with Crippen LogP contribution in [0.5, 0.6) is 0 Å². The maximum Gasteiger partial charge on any atom is 0.220 e. The molecule has 0 spiro atoms. The Kier molecular flexibility index (Phi) is 5.23. The van der Waals surface area contributed by atoms with Crippen molar-refractivity contribution in [1.82, 2.24) is 5.32 Å². The van der Waals surface area contributed by atoms with Gasteiger partial charge in [0.2, 0.25) is 5.91 Å². The standard InChI is InChI=1S/C17H27N3O/c1-12(2)19-11-14-4-5-16(13(3)10-14)20-8-6-15(7-9-20)17(18)21/h4-5,10,12,15,19H,6-9,11H2,1-3H3,(H2,18,21). The molecular formula is C17H27N3O. The zero-order valence-corrected chi connectivity index (χ0v) is 13.4. The van der Waals surface area contributed by atoms with Crippen molar-refractivity contribution in [2.45, 2.75) is 46.2 Å². The molecular weight excluding hydrogens is 262 g/mol. The van der Waals surface area contributed by atoms with Crippen LogP contribution in [-0.2, 0) is 11.3 Å². The van der Waals surface area contributed by atoms with E-state index in [4.69, 9.17) is 5.73 Å². The van der Waals surface area contributed by atoms with Gasteiger partial charge in [0, 0.05) is 37.3 Å². The molecule has 1 fully saturated rings. The van der Waals surface area contributed by atoms with Crippen LogP contribution >= 0.6 is 0 Å². The maximum atomic E-state index is 11.2. The third-order valence-electron chi connectivity index (χ3n) is 4.21. The van der Waals surface area contributed by atoms with E-state index in [-0.39, 0.29) is 11.8 Å². The van der Waals surface area contributed by atoms with Crippen molar-refractivity contribution >= 4 is 11.6 Å². The number of benzene rings is 1. The van der Waals surface area contributed by atoms with E-state index in [2.05, 4.69) is 49.2 Å². The van der Waals surface area contributed by atoms with E-state index in [1.807, 2.05) is 0 Å². The molecule has 1 aliphatic rings. The van der Waals surface area contributed by atoms with Crippen molar-refractivity contribution < 1.29 is 4.79 Å². The SMILES string of the molecule is Cc1cc(CNC(C)C)ccc1N1CCC(C(N)=O)CC1. The van der Waals surface area contributed by atoms with E-state index in [0.717, 1.165) is 32.5 Å². The second-order valence-electron chi connectivity index (χ2n) is 6.32. The summed E-state index contributed by atoms with van der Waals surface area (Å²) in [7, 11) is 0. The lowest BCUT2D eigenvalue weighted by Crippen LogP contribution is -2.38. The van der Waals surface area contributed by atoms with Gasteiger partial charge in [-0.3, -0.25) is 4.79 Å². The van der Waals surface area contributed by atoms with Crippen LogP contribution in [0.3, 0.4) is 0 Å². The molecule has 0 unspecified atom stereocenters. The molecule has 4 heteroatoms. The quantitative estimate of drug-likeness (QED) is 0.873. The van der Waals surface area contributed by atoms with Crippen LogP contribution in [0, 0.1) is 12.8 Å². The molecule has 1 amide bonds. The monoisotopic (exact) mass is 289 g/mol. The number of carbonyl (C=O) groups is 1. The number of rotatable bonds is 5. The third-order valence-corrected chi connectivity index (χ3v) is 4.21. The Bertz CT molecular complexity index is 491. The van der Waals surface area contributed by atoms with Crippen LogP contribution in [0.15, 0.2) is 18.2 Å². The number of aryl methyl sites for hydroxylation is 1. The predicted molar refractivity (Wildman–Crippen MR) is 87.3 cm³/mol. The lowest BCUT2D eigenvalue weighted by atomic mass is 9.95. The topological polar surface area (TPSA) is 58.4 Å². The van der Waals surface area contributed by atoms with E-state index in [1.54, 1.807) is 0 Å². The molecule has 1 aromatic rings. The van der Waals surface area contributed by atoms with Crippen LogP contribution in [0.25, 0.3) is 0 Å². The molecule has 0 radical (unpaired) electrons. The molecule has 1 aliphatic heterocycles. The van der Waals surface area contributed by atoms with Gasteiger partial charge in [0.05, 0.1) is 0 Å². The first kappa shape index (κ1) is 15.8. The van der Waals surface area contributed by atoms with Crippen LogP contribution in [0.4, 0.5) is 5.69 Å². The van der Waals surface area contributed by atoms with Crippen LogP contribution in [0.1, 0.15) is 37.8 Å². The van der Waals surface area contributed by atoms with Gasteiger partial charge in [-0.25, -0.2) is 0 Å². The number of hydrogen-bond acceptors (Lipinski definition) is 3. The lowest BCUT2D eigenvalue weighted by Gasteiger charge is -2.33. The van der Waals surface area contributed by atoms with Gasteiger partial charge in [0.15, 0.2) is 0 Å². The summed E-state index contributed by atoms with van der Waals surface area (Å²) < 4.78 is 0. The van der Waals surface area contributed by atoms with Gasteiger partial charge < -0.3 is 16.0 Å². The molecule has 0 aliphatic carbocycles. The normalized spacial score (nSPS) is 16.5. The van der Waals surface area contributed by atoms with E-state index in [1.165, 1.54) is 16.8 Å². The Morgan fingerprint density at radius 1 is 1.38 bits per heavy atom. The number of nitrogens with one attached hydrogen (secondary N) is 1. The van der Waals surface area contributed by atoms with Crippen LogP contribution in [-0.4, -0.2) is 25.0 Å². The molecule has 0 bridgehead atoms. The Labute approximate surface area is 127 Å². The maximum absolute atomic E-state index is 11.2. The molecule has 0 aromatic heterocycles. The molecule has 2 rings (SSSR count). The van der Waals surface area contributed by atoms with Gasteiger partial charge in [-0.05, 0) is 37.0 Å². The number of nitrogens with zero attached hydrogens (tertiary/aromatic N) is 1.